The van der Waals surface area contributed by atoms with Gasteiger partial charge in [-0.1, -0.05) is 48.2 Å². The van der Waals surface area contributed by atoms with Gasteiger partial charge in [-0.25, -0.2) is 0 Å². The summed E-state index contributed by atoms with van der Waals surface area (Å²) in [5, 5.41) is 11.6. The molecule has 5 rings (SSSR count). The summed E-state index contributed by atoms with van der Waals surface area (Å²) in [4.78, 5) is 19.5. The molecule has 2 aliphatic rings. The Morgan fingerprint density at radius 2 is 1.84 bits per heavy atom. The molecule has 31 heavy (non-hydrogen) atoms. The van der Waals surface area contributed by atoms with Crippen molar-refractivity contribution in [2.24, 2.45) is 0 Å². The highest BCUT2D eigenvalue weighted by atomic mass is 32.2. The summed E-state index contributed by atoms with van der Waals surface area (Å²) in [5.41, 5.74) is 3.24. The number of carbonyl (C=O) groups excluding carboxylic acids is 1. The second kappa shape index (κ2) is 9.26. The molecule has 0 bridgehead atoms. The third kappa shape index (κ3) is 4.69. The van der Waals surface area contributed by atoms with E-state index in [-0.39, 0.29) is 5.91 Å². The summed E-state index contributed by atoms with van der Waals surface area (Å²) in [7, 11) is 0. The van der Waals surface area contributed by atoms with Gasteiger partial charge >= 0.3 is 0 Å². The monoisotopic (exact) mass is 433 g/mol. The van der Waals surface area contributed by atoms with E-state index < -0.39 is 0 Å². The highest BCUT2D eigenvalue weighted by Crippen LogP contribution is 2.39. The first-order valence-electron chi connectivity index (χ1n) is 10.9. The van der Waals surface area contributed by atoms with Gasteiger partial charge < -0.3 is 10.2 Å². The number of hydrogen-bond acceptors (Lipinski definition) is 5. The molecule has 1 aromatic heterocycles. The molecular weight excluding hydrogens is 406 g/mol. The third-order valence-corrected chi connectivity index (χ3v) is 7.02. The number of rotatable bonds is 7. The Bertz CT molecular complexity index is 1090. The van der Waals surface area contributed by atoms with Crippen LogP contribution in [0.25, 0.3) is 17.0 Å². The van der Waals surface area contributed by atoms with Crippen LogP contribution in [-0.4, -0.2) is 65.2 Å². The third-order valence-electron chi connectivity index (χ3n) is 5.94. The number of nitrogens with zero attached hydrogens (tertiary/aromatic N) is 3. The zero-order valence-corrected chi connectivity index (χ0v) is 18.3. The van der Waals surface area contributed by atoms with Crippen LogP contribution in [0, 0.1) is 0 Å². The van der Waals surface area contributed by atoms with Crippen LogP contribution in [0.4, 0.5) is 0 Å². The molecule has 1 amide bonds. The Kier molecular flexibility index (Phi) is 6.06. The van der Waals surface area contributed by atoms with E-state index in [0.717, 1.165) is 72.1 Å². The van der Waals surface area contributed by atoms with E-state index in [9.17, 15) is 4.79 Å². The van der Waals surface area contributed by atoms with E-state index >= 15 is 0 Å². The molecule has 2 aromatic carbocycles. The number of carbonyl (C=O) groups is 1. The molecule has 3 heterocycles. The van der Waals surface area contributed by atoms with Crippen molar-refractivity contribution in [2.75, 3.05) is 39.3 Å². The van der Waals surface area contributed by atoms with E-state index in [1.165, 1.54) is 17.3 Å². The fraction of sp³-hybridized carbons (Fsp3) is 0.333. The molecule has 0 aliphatic carbocycles. The Morgan fingerprint density at radius 3 is 2.68 bits per heavy atom. The maximum atomic E-state index is 12.7. The fourth-order valence-corrected chi connectivity index (χ4v) is 5.29. The number of benzene rings is 2. The summed E-state index contributed by atoms with van der Waals surface area (Å²) in [6, 6.07) is 16.7. The van der Waals surface area contributed by atoms with Gasteiger partial charge in [0.15, 0.2) is 0 Å². The SMILES string of the molecule is O=C(NCCCN1CCN(Cc2ccccc2)CC1)C1=Cc2[nH]nc3cccc(c23)S1. The van der Waals surface area contributed by atoms with Crippen LogP contribution in [-0.2, 0) is 11.3 Å². The Morgan fingerprint density at radius 1 is 1.03 bits per heavy atom. The number of amides is 1. The zero-order valence-electron chi connectivity index (χ0n) is 17.5. The fourth-order valence-electron chi connectivity index (χ4n) is 4.24. The Labute approximate surface area is 186 Å². The molecule has 0 atom stereocenters. The average Bonchev–Trinajstić information content (AvgIpc) is 3.23. The van der Waals surface area contributed by atoms with E-state index in [1.807, 2.05) is 24.3 Å². The molecule has 2 aliphatic heterocycles. The molecule has 2 N–H and O–H groups in total. The lowest BCUT2D eigenvalue weighted by Crippen LogP contribution is -2.46. The van der Waals surface area contributed by atoms with Gasteiger partial charge in [-0.3, -0.25) is 14.8 Å². The molecule has 3 aromatic rings. The van der Waals surface area contributed by atoms with Crippen LogP contribution in [0.15, 0.2) is 58.3 Å². The molecule has 1 saturated heterocycles. The largest absolute Gasteiger partial charge is 0.352 e. The minimum atomic E-state index is -0.00469. The van der Waals surface area contributed by atoms with Crippen molar-refractivity contribution in [3.05, 3.63) is 64.7 Å². The highest BCUT2D eigenvalue weighted by Gasteiger charge is 2.21. The van der Waals surface area contributed by atoms with Crippen molar-refractivity contribution < 1.29 is 4.79 Å². The topological polar surface area (TPSA) is 64.3 Å². The first-order valence-corrected chi connectivity index (χ1v) is 11.7. The quantitative estimate of drug-likeness (QED) is 0.560. The van der Waals surface area contributed by atoms with Gasteiger partial charge in [0.2, 0.25) is 0 Å². The van der Waals surface area contributed by atoms with Crippen LogP contribution in [0.1, 0.15) is 17.7 Å². The van der Waals surface area contributed by atoms with Crippen molar-refractivity contribution in [1.29, 1.82) is 0 Å². The maximum absolute atomic E-state index is 12.7. The van der Waals surface area contributed by atoms with E-state index in [4.69, 9.17) is 0 Å². The number of piperazine rings is 1. The first kappa shape index (κ1) is 20.3. The molecule has 1 fully saturated rings. The number of nitrogens with one attached hydrogen (secondary N) is 2. The summed E-state index contributed by atoms with van der Waals surface area (Å²) >= 11 is 1.52. The maximum Gasteiger partial charge on any atom is 0.258 e. The Balaban J connectivity index is 1.04. The molecule has 0 saturated carbocycles. The number of hydrogen-bond donors (Lipinski definition) is 2. The highest BCUT2D eigenvalue weighted by molar-refractivity contribution is 8.04. The predicted molar refractivity (Wildman–Crippen MR) is 126 cm³/mol. The van der Waals surface area contributed by atoms with Crippen LogP contribution >= 0.6 is 11.8 Å². The second-order valence-electron chi connectivity index (χ2n) is 8.11. The van der Waals surface area contributed by atoms with E-state index in [0.29, 0.717) is 6.54 Å². The van der Waals surface area contributed by atoms with Crippen LogP contribution < -0.4 is 5.32 Å². The molecule has 0 radical (unpaired) electrons. The standard InChI is InChI=1S/C24H27N5OS/c30-24(22-16-20-23-19(26-27-20)8-4-9-21(23)31-22)25-10-5-11-28-12-14-29(15-13-28)17-18-6-2-1-3-7-18/h1-4,6-9,16H,5,10-15,17H2,(H,25,30)(H,26,27). The lowest BCUT2D eigenvalue weighted by molar-refractivity contribution is -0.116. The first-order chi connectivity index (χ1) is 15.3. The van der Waals surface area contributed by atoms with Crippen LogP contribution in [0.5, 0.6) is 0 Å². The molecule has 160 valence electrons. The number of aromatic amines is 1. The molecule has 0 spiro atoms. The van der Waals surface area contributed by atoms with Crippen LogP contribution in [0.2, 0.25) is 0 Å². The molecular formula is C24H27N5OS. The predicted octanol–water partition coefficient (Wildman–Crippen LogP) is 3.33. The van der Waals surface area contributed by atoms with Crippen molar-refractivity contribution in [1.82, 2.24) is 25.3 Å². The van der Waals surface area contributed by atoms with Crippen molar-refractivity contribution in [3.8, 4) is 0 Å². The van der Waals surface area contributed by atoms with Crippen LogP contribution in [0.3, 0.4) is 0 Å². The number of aromatic nitrogens is 2. The van der Waals surface area contributed by atoms with E-state index in [2.05, 4.69) is 55.6 Å². The molecule has 6 nitrogen and oxygen atoms in total. The average molecular weight is 434 g/mol. The second-order valence-corrected chi connectivity index (χ2v) is 9.19. The van der Waals surface area contributed by atoms with Gasteiger partial charge in [0.1, 0.15) is 0 Å². The van der Waals surface area contributed by atoms with Gasteiger partial charge in [0, 0.05) is 49.6 Å². The summed E-state index contributed by atoms with van der Waals surface area (Å²) in [6.45, 7) is 7.13. The summed E-state index contributed by atoms with van der Waals surface area (Å²) in [5.74, 6) is -0.00469. The van der Waals surface area contributed by atoms with Gasteiger partial charge in [0.25, 0.3) is 5.91 Å². The summed E-state index contributed by atoms with van der Waals surface area (Å²) < 4.78 is 0. The number of H-pyrrole nitrogens is 1. The number of thioether (sulfide) groups is 1. The lowest BCUT2D eigenvalue weighted by atomic mass is 10.2. The summed E-state index contributed by atoms with van der Waals surface area (Å²) in [6.07, 6.45) is 2.88. The van der Waals surface area contributed by atoms with Crippen molar-refractivity contribution in [2.45, 2.75) is 17.9 Å². The van der Waals surface area contributed by atoms with Crippen molar-refractivity contribution in [3.63, 3.8) is 0 Å². The zero-order chi connectivity index (χ0) is 21.0. The van der Waals surface area contributed by atoms with Gasteiger partial charge in [-0.2, -0.15) is 5.10 Å². The minimum absolute atomic E-state index is 0.00469. The minimum Gasteiger partial charge on any atom is -0.352 e. The van der Waals surface area contributed by atoms with E-state index in [1.54, 1.807) is 0 Å². The van der Waals surface area contributed by atoms with Crippen molar-refractivity contribution >= 4 is 34.6 Å². The lowest BCUT2D eigenvalue weighted by Gasteiger charge is -2.34. The molecule has 0 unspecified atom stereocenters. The Hall–Kier alpha value is -2.61. The van der Waals surface area contributed by atoms with Gasteiger partial charge in [-0.15, -0.1) is 0 Å². The van der Waals surface area contributed by atoms with Gasteiger partial charge in [-0.05, 0) is 36.7 Å². The molecule has 7 heteroatoms. The van der Waals surface area contributed by atoms with Gasteiger partial charge in [0.05, 0.1) is 16.1 Å². The smallest absolute Gasteiger partial charge is 0.258 e. The normalized spacial score (nSPS) is 17.0.